The maximum Gasteiger partial charge on any atom is 0.261 e. The predicted octanol–water partition coefficient (Wildman–Crippen LogP) is 3.47. The highest BCUT2D eigenvalue weighted by Gasteiger charge is 2.22. The highest BCUT2D eigenvalue weighted by Crippen LogP contribution is 2.33. The minimum Gasteiger partial charge on any atom is -0.365 e. The van der Waals surface area contributed by atoms with E-state index < -0.39 is 10.0 Å². The second-order valence-electron chi connectivity index (χ2n) is 6.77. The number of fused-ring (bicyclic) bond motifs is 1. The summed E-state index contributed by atoms with van der Waals surface area (Å²) < 4.78 is 28.5. The van der Waals surface area contributed by atoms with Gasteiger partial charge in [-0.3, -0.25) is 9.52 Å². The molecule has 3 aromatic rings. The summed E-state index contributed by atoms with van der Waals surface area (Å²) in [5.74, 6) is -0.259. The van der Waals surface area contributed by atoms with Gasteiger partial charge in [-0.15, -0.1) is 11.3 Å². The number of rotatable bonds is 5. The molecule has 2 N–H and O–H groups in total. The molecule has 2 heterocycles. The van der Waals surface area contributed by atoms with Crippen molar-refractivity contribution < 1.29 is 13.2 Å². The molecule has 4 rings (SSSR count). The quantitative estimate of drug-likeness (QED) is 0.654. The third kappa shape index (κ3) is 3.99. The van der Waals surface area contributed by atoms with Gasteiger partial charge in [0.2, 0.25) is 0 Å². The summed E-state index contributed by atoms with van der Waals surface area (Å²) in [5, 5.41) is 4.62. The van der Waals surface area contributed by atoms with Crippen LogP contribution in [0.2, 0.25) is 0 Å². The number of carbonyl (C=O) groups excluding carboxylic acids is 1. The van der Waals surface area contributed by atoms with Crippen LogP contribution >= 0.6 is 11.3 Å². The highest BCUT2D eigenvalue weighted by molar-refractivity contribution is 7.92. The van der Waals surface area contributed by atoms with Crippen LogP contribution in [-0.2, 0) is 23.0 Å². The van der Waals surface area contributed by atoms with E-state index in [1.165, 1.54) is 41.8 Å². The number of hydrogen-bond acceptors (Lipinski definition) is 5. The molecule has 2 aromatic carbocycles. The van der Waals surface area contributed by atoms with Gasteiger partial charge in [0, 0.05) is 30.6 Å². The number of nitrogens with one attached hydrogen (secondary N) is 2. The molecule has 1 amide bonds. The molecule has 0 fully saturated rings. The van der Waals surface area contributed by atoms with Gasteiger partial charge in [0.25, 0.3) is 15.9 Å². The van der Waals surface area contributed by atoms with Crippen molar-refractivity contribution in [2.24, 2.45) is 0 Å². The Balaban J connectivity index is 1.59. The number of benzene rings is 2. The van der Waals surface area contributed by atoms with E-state index in [9.17, 15) is 13.2 Å². The summed E-state index contributed by atoms with van der Waals surface area (Å²) in [6, 6.07) is 15.4. The largest absolute Gasteiger partial charge is 0.365 e. The number of nitrogens with zero attached hydrogens (tertiary/aromatic N) is 1. The van der Waals surface area contributed by atoms with E-state index in [4.69, 9.17) is 0 Å². The molecule has 1 aliphatic heterocycles. The van der Waals surface area contributed by atoms with E-state index in [0.717, 1.165) is 25.2 Å². The summed E-state index contributed by atoms with van der Waals surface area (Å²) in [4.78, 5) is 15.4. The maximum atomic E-state index is 12.9. The topological polar surface area (TPSA) is 78.5 Å². The number of amides is 1. The SMILES string of the molecule is CNC(=O)c1ccc(S(=O)(=O)Nc2ccccc2N2CCc3sccc3C2)cc1. The van der Waals surface area contributed by atoms with Crippen LogP contribution in [0.5, 0.6) is 0 Å². The fourth-order valence-electron chi connectivity index (χ4n) is 3.42. The van der Waals surface area contributed by atoms with Gasteiger partial charge in [0.1, 0.15) is 0 Å². The fraction of sp³-hybridized carbons (Fsp3) is 0.190. The van der Waals surface area contributed by atoms with E-state index in [1.807, 2.05) is 18.2 Å². The maximum absolute atomic E-state index is 12.9. The average molecular weight is 428 g/mol. The molecule has 1 aromatic heterocycles. The van der Waals surface area contributed by atoms with Crippen molar-refractivity contribution in [1.82, 2.24) is 5.32 Å². The number of thiophene rings is 1. The van der Waals surface area contributed by atoms with Gasteiger partial charge in [0.05, 0.1) is 16.3 Å². The van der Waals surface area contributed by atoms with Gasteiger partial charge in [-0.2, -0.15) is 0 Å². The van der Waals surface area contributed by atoms with E-state index in [1.54, 1.807) is 17.4 Å². The molecule has 0 saturated carbocycles. The Bertz CT molecular complexity index is 1140. The smallest absolute Gasteiger partial charge is 0.261 e. The molecule has 0 bridgehead atoms. The molecule has 0 atom stereocenters. The first-order valence-electron chi connectivity index (χ1n) is 9.22. The third-order valence-corrected chi connectivity index (χ3v) is 7.36. The summed E-state index contributed by atoms with van der Waals surface area (Å²) in [6.45, 7) is 1.60. The van der Waals surface area contributed by atoms with Gasteiger partial charge in [-0.25, -0.2) is 8.42 Å². The molecule has 0 spiro atoms. The van der Waals surface area contributed by atoms with Crippen molar-refractivity contribution in [2.75, 3.05) is 23.2 Å². The van der Waals surface area contributed by atoms with E-state index >= 15 is 0 Å². The zero-order valence-electron chi connectivity index (χ0n) is 15.9. The third-order valence-electron chi connectivity index (χ3n) is 4.95. The lowest BCUT2D eigenvalue weighted by Crippen LogP contribution is -2.30. The van der Waals surface area contributed by atoms with Gasteiger partial charge in [-0.1, -0.05) is 12.1 Å². The van der Waals surface area contributed by atoms with Crippen LogP contribution in [0.15, 0.2) is 64.9 Å². The van der Waals surface area contributed by atoms with Crippen LogP contribution in [0.3, 0.4) is 0 Å². The second kappa shape index (κ2) is 7.88. The normalized spacial score (nSPS) is 13.6. The molecule has 29 heavy (non-hydrogen) atoms. The Hall–Kier alpha value is -2.84. The van der Waals surface area contributed by atoms with Gasteiger partial charge < -0.3 is 10.2 Å². The van der Waals surface area contributed by atoms with Crippen LogP contribution in [0, 0.1) is 0 Å². The highest BCUT2D eigenvalue weighted by atomic mass is 32.2. The Labute approximate surface area is 174 Å². The molecule has 1 aliphatic rings. The lowest BCUT2D eigenvalue weighted by Gasteiger charge is -2.30. The monoisotopic (exact) mass is 427 g/mol. The van der Waals surface area contributed by atoms with E-state index in [-0.39, 0.29) is 10.8 Å². The van der Waals surface area contributed by atoms with Crippen LogP contribution in [0.4, 0.5) is 11.4 Å². The Kier molecular flexibility index (Phi) is 5.29. The molecule has 8 heteroatoms. The lowest BCUT2D eigenvalue weighted by molar-refractivity contribution is 0.0963. The first-order chi connectivity index (χ1) is 14.0. The molecule has 0 unspecified atom stereocenters. The number of para-hydroxylation sites is 2. The van der Waals surface area contributed by atoms with Crippen molar-refractivity contribution >= 4 is 38.6 Å². The number of hydrogen-bond donors (Lipinski definition) is 2. The van der Waals surface area contributed by atoms with Crippen molar-refractivity contribution in [3.8, 4) is 0 Å². The molecule has 0 aliphatic carbocycles. The first-order valence-corrected chi connectivity index (χ1v) is 11.6. The van der Waals surface area contributed by atoms with Crippen molar-refractivity contribution in [1.29, 1.82) is 0 Å². The predicted molar refractivity (Wildman–Crippen MR) is 116 cm³/mol. The van der Waals surface area contributed by atoms with Crippen molar-refractivity contribution in [2.45, 2.75) is 17.9 Å². The number of anilines is 2. The van der Waals surface area contributed by atoms with Crippen LogP contribution < -0.4 is 14.9 Å². The molecule has 0 radical (unpaired) electrons. The Morgan fingerprint density at radius 1 is 1.07 bits per heavy atom. The number of sulfonamides is 1. The summed E-state index contributed by atoms with van der Waals surface area (Å²) in [5.41, 5.74) is 3.10. The first kappa shape index (κ1) is 19.5. The summed E-state index contributed by atoms with van der Waals surface area (Å²) in [6.07, 6.45) is 0.953. The van der Waals surface area contributed by atoms with E-state index in [2.05, 4.69) is 26.4 Å². The van der Waals surface area contributed by atoms with Crippen molar-refractivity contribution in [3.05, 3.63) is 76.0 Å². The molecule has 0 saturated heterocycles. The van der Waals surface area contributed by atoms with E-state index in [0.29, 0.717) is 11.3 Å². The lowest BCUT2D eigenvalue weighted by atomic mass is 10.1. The fourth-order valence-corrected chi connectivity index (χ4v) is 5.39. The molecule has 150 valence electrons. The Morgan fingerprint density at radius 3 is 2.59 bits per heavy atom. The van der Waals surface area contributed by atoms with Crippen LogP contribution in [0.1, 0.15) is 20.8 Å². The zero-order chi connectivity index (χ0) is 20.4. The van der Waals surface area contributed by atoms with Crippen LogP contribution in [-0.4, -0.2) is 27.9 Å². The molecular formula is C21H21N3O3S2. The van der Waals surface area contributed by atoms with Crippen LogP contribution in [0.25, 0.3) is 0 Å². The number of carbonyl (C=O) groups is 1. The molecule has 6 nitrogen and oxygen atoms in total. The minimum absolute atomic E-state index is 0.110. The second-order valence-corrected chi connectivity index (χ2v) is 9.45. The Morgan fingerprint density at radius 2 is 1.83 bits per heavy atom. The van der Waals surface area contributed by atoms with Gasteiger partial charge in [-0.05, 0) is 59.8 Å². The molecular weight excluding hydrogens is 406 g/mol. The average Bonchev–Trinajstić information content (AvgIpc) is 3.21. The summed E-state index contributed by atoms with van der Waals surface area (Å²) >= 11 is 1.77. The standard InChI is InChI=1S/C21H21N3O3S2/c1-22-21(25)15-6-8-17(9-7-15)29(26,27)23-18-4-2-3-5-19(18)24-12-10-20-16(14-24)11-13-28-20/h2-9,11,13,23H,10,12,14H2,1H3,(H,22,25). The minimum atomic E-state index is -3.78. The summed E-state index contributed by atoms with van der Waals surface area (Å²) in [7, 11) is -2.25. The van der Waals surface area contributed by atoms with Gasteiger partial charge >= 0.3 is 0 Å². The van der Waals surface area contributed by atoms with Crippen molar-refractivity contribution in [3.63, 3.8) is 0 Å². The van der Waals surface area contributed by atoms with Gasteiger partial charge in [0.15, 0.2) is 0 Å². The zero-order valence-corrected chi connectivity index (χ0v) is 17.5.